The molecule has 0 saturated carbocycles. The summed E-state index contributed by atoms with van der Waals surface area (Å²) in [6.07, 6.45) is -3.89. The van der Waals surface area contributed by atoms with E-state index in [0.29, 0.717) is 13.0 Å². The third-order valence-electron chi connectivity index (χ3n) is 1.89. The van der Waals surface area contributed by atoms with E-state index < -0.39 is 11.7 Å². The van der Waals surface area contributed by atoms with Gasteiger partial charge in [-0.15, -0.1) is 0 Å². The summed E-state index contributed by atoms with van der Waals surface area (Å²) in [5, 5.41) is 0. The number of hydrogen-bond acceptors (Lipinski definition) is 4. The van der Waals surface area contributed by atoms with Gasteiger partial charge in [0, 0.05) is 26.2 Å². The van der Waals surface area contributed by atoms with Crippen molar-refractivity contribution in [3.05, 3.63) is 17.7 Å². The summed E-state index contributed by atoms with van der Waals surface area (Å²) < 4.78 is 47.1. The fourth-order valence-electron chi connectivity index (χ4n) is 1.14. The molecule has 0 spiro atoms. The van der Waals surface area contributed by atoms with Gasteiger partial charge in [0.1, 0.15) is 5.82 Å². The molecule has 0 aromatic carbocycles. The Morgan fingerprint density at radius 3 is 2.59 bits per heavy atom. The second kappa shape index (κ2) is 5.72. The van der Waals surface area contributed by atoms with Gasteiger partial charge in [0.05, 0.1) is 12.2 Å². The fraction of sp³-hybridized carbons (Fsp3) is 0.500. The van der Waals surface area contributed by atoms with Crippen LogP contribution in [0.25, 0.3) is 0 Å². The molecule has 0 bridgehead atoms. The Bertz CT molecular complexity index is 369. The van der Waals surface area contributed by atoms with E-state index in [2.05, 4.69) is 4.98 Å². The first-order valence-corrected chi connectivity index (χ1v) is 4.90. The third kappa shape index (κ3) is 4.48. The van der Waals surface area contributed by atoms with Crippen LogP contribution in [0.1, 0.15) is 12.0 Å². The van der Waals surface area contributed by atoms with Crippen molar-refractivity contribution in [2.45, 2.75) is 12.6 Å². The molecule has 1 aromatic rings. The molecule has 0 fully saturated rings. The first-order valence-electron chi connectivity index (χ1n) is 4.90. The van der Waals surface area contributed by atoms with Crippen molar-refractivity contribution in [3.8, 4) is 5.88 Å². The monoisotopic (exact) mass is 250 g/mol. The Labute approximate surface area is 96.5 Å². The Morgan fingerprint density at radius 2 is 2.00 bits per heavy atom. The van der Waals surface area contributed by atoms with Gasteiger partial charge in [0.2, 0.25) is 5.88 Å². The van der Waals surface area contributed by atoms with Crippen molar-refractivity contribution in [1.82, 2.24) is 4.98 Å². The molecular weight excluding hydrogens is 237 g/mol. The molecule has 1 aromatic heterocycles. The smallest absolute Gasteiger partial charge is 0.416 e. The van der Waals surface area contributed by atoms with Gasteiger partial charge < -0.3 is 15.2 Å². The zero-order valence-corrected chi connectivity index (χ0v) is 9.25. The second-order valence-corrected chi connectivity index (χ2v) is 3.31. The number of ether oxygens (including phenoxy) is 2. The Kier molecular flexibility index (Phi) is 4.56. The quantitative estimate of drug-likeness (QED) is 0.813. The molecule has 0 saturated heterocycles. The Morgan fingerprint density at radius 1 is 1.29 bits per heavy atom. The molecule has 0 radical (unpaired) electrons. The van der Waals surface area contributed by atoms with Crippen LogP contribution in [0.3, 0.4) is 0 Å². The molecule has 0 unspecified atom stereocenters. The summed E-state index contributed by atoms with van der Waals surface area (Å²) in [6, 6.07) is 1.59. The summed E-state index contributed by atoms with van der Waals surface area (Å²) in [5.41, 5.74) is 4.40. The van der Waals surface area contributed by atoms with Gasteiger partial charge in [-0.3, -0.25) is 0 Å². The number of nitrogens with zero attached hydrogens (tertiary/aromatic N) is 1. The van der Waals surface area contributed by atoms with Crippen LogP contribution in [-0.2, 0) is 10.9 Å². The maximum atomic E-state index is 12.4. The highest BCUT2D eigenvalue weighted by Crippen LogP contribution is 2.31. The van der Waals surface area contributed by atoms with Gasteiger partial charge in [-0.25, -0.2) is 0 Å². The lowest BCUT2D eigenvalue weighted by atomic mass is 10.2. The van der Waals surface area contributed by atoms with Crippen molar-refractivity contribution in [2.24, 2.45) is 0 Å². The minimum absolute atomic E-state index is 0.131. The molecule has 0 aliphatic carbocycles. The van der Waals surface area contributed by atoms with Gasteiger partial charge in [-0.05, 0) is 6.07 Å². The molecule has 4 nitrogen and oxygen atoms in total. The molecule has 0 aliphatic heterocycles. The van der Waals surface area contributed by atoms with E-state index >= 15 is 0 Å². The van der Waals surface area contributed by atoms with E-state index in [1.165, 1.54) is 7.11 Å². The number of nitrogens with two attached hydrogens (primary N) is 1. The van der Waals surface area contributed by atoms with Crippen molar-refractivity contribution in [2.75, 3.05) is 26.1 Å². The zero-order valence-electron chi connectivity index (χ0n) is 9.25. The largest absolute Gasteiger partial charge is 0.478 e. The summed E-state index contributed by atoms with van der Waals surface area (Å²) >= 11 is 0. The number of rotatable bonds is 5. The first kappa shape index (κ1) is 13.6. The molecule has 0 amide bonds. The number of halogens is 3. The van der Waals surface area contributed by atoms with E-state index in [1.54, 1.807) is 0 Å². The van der Waals surface area contributed by atoms with Gasteiger partial charge in [-0.2, -0.15) is 18.2 Å². The molecule has 96 valence electrons. The van der Waals surface area contributed by atoms with Crippen LogP contribution in [0.2, 0.25) is 0 Å². The van der Waals surface area contributed by atoms with Crippen molar-refractivity contribution in [1.29, 1.82) is 0 Å². The van der Waals surface area contributed by atoms with Gasteiger partial charge in [-0.1, -0.05) is 0 Å². The summed E-state index contributed by atoms with van der Waals surface area (Å²) in [5.74, 6) is -0.352. The molecule has 17 heavy (non-hydrogen) atoms. The highest BCUT2D eigenvalue weighted by atomic mass is 19.4. The lowest BCUT2D eigenvalue weighted by molar-refractivity contribution is -0.137. The minimum Gasteiger partial charge on any atom is -0.478 e. The highest BCUT2D eigenvalue weighted by Gasteiger charge is 2.31. The lowest BCUT2D eigenvalue weighted by Crippen LogP contribution is -2.09. The predicted octanol–water partition coefficient (Wildman–Crippen LogP) is 2.10. The number of pyridine rings is 1. The van der Waals surface area contributed by atoms with Crippen LogP contribution in [-0.4, -0.2) is 25.3 Å². The van der Waals surface area contributed by atoms with Crippen LogP contribution >= 0.6 is 0 Å². The number of methoxy groups -OCH3 is 1. The van der Waals surface area contributed by atoms with Crippen LogP contribution in [0.5, 0.6) is 5.88 Å². The predicted molar refractivity (Wildman–Crippen MR) is 55.6 cm³/mol. The average Bonchev–Trinajstić information content (AvgIpc) is 2.22. The van der Waals surface area contributed by atoms with Gasteiger partial charge >= 0.3 is 6.18 Å². The van der Waals surface area contributed by atoms with Crippen LogP contribution in [0.4, 0.5) is 19.0 Å². The number of anilines is 1. The van der Waals surface area contributed by atoms with E-state index in [-0.39, 0.29) is 18.3 Å². The van der Waals surface area contributed by atoms with E-state index in [9.17, 15) is 13.2 Å². The second-order valence-electron chi connectivity index (χ2n) is 3.31. The fourth-order valence-corrected chi connectivity index (χ4v) is 1.14. The van der Waals surface area contributed by atoms with E-state index in [1.807, 2.05) is 0 Å². The summed E-state index contributed by atoms with van der Waals surface area (Å²) in [6.45, 7) is 0.691. The van der Waals surface area contributed by atoms with Crippen molar-refractivity contribution < 1.29 is 22.6 Å². The standard InChI is InChI=1S/C10H13F3N2O2/c1-16-3-2-4-17-9-6-7(10(11,12)13)5-8(14)15-9/h5-6H,2-4H2,1H3,(H2,14,15). The third-order valence-corrected chi connectivity index (χ3v) is 1.89. The molecule has 0 aliphatic rings. The van der Waals surface area contributed by atoms with Crippen molar-refractivity contribution >= 4 is 5.82 Å². The molecule has 2 N–H and O–H groups in total. The van der Waals surface area contributed by atoms with Crippen LogP contribution < -0.4 is 10.5 Å². The molecule has 1 rings (SSSR count). The summed E-state index contributed by atoms with van der Waals surface area (Å²) in [7, 11) is 1.53. The van der Waals surface area contributed by atoms with Gasteiger partial charge in [0.15, 0.2) is 0 Å². The number of aromatic nitrogens is 1. The SMILES string of the molecule is COCCCOc1cc(C(F)(F)F)cc(N)n1. The average molecular weight is 250 g/mol. The molecule has 7 heteroatoms. The normalized spacial score (nSPS) is 11.5. The number of nitrogen functional groups attached to an aromatic ring is 1. The molecule has 1 heterocycles. The minimum atomic E-state index is -4.46. The maximum Gasteiger partial charge on any atom is 0.416 e. The molecule has 0 atom stereocenters. The van der Waals surface area contributed by atoms with Gasteiger partial charge in [0.25, 0.3) is 0 Å². The highest BCUT2D eigenvalue weighted by molar-refractivity contribution is 5.38. The first-order chi connectivity index (χ1) is 7.93. The van der Waals surface area contributed by atoms with E-state index in [4.69, 9.17) is 15.2 Å². The Hall–Kier alpha value is -1.50. The molecular formula is C10H13F3N2O2. The number of hydrogen-bond donors (Lipinski definition) is 1. The van der Waals surface area contributed by atoms with Crippen LogP contribution in [0.15, 0.2) is 12.1 Å². The maximum absolute atomic E-state index is 12.4. The van der Waals surface area contributed by atoms with Crippen molar-refractivity contribution in [3.63, 3.8) is 0 Å². The van der Waals surface area contributed by atoms with Crippen LogP contribution in [0, 0.1) is 0 Å². The Balaban J connectivity index is 2.69. The van der Waals surface area contributed by atoms with E-state index in [0.717, 1.165) is 12.1 Å². The lowest BCUT2D eigenvalue weighted by Gasteiger charge is -2.10. The number of alkyl halides is 3. The topological polar surface area (TPSA) is 57.4 Å². The summed E-state index contributed by atoms with van der Waals surface area (Å²) in [4.78, 5) is 3.66. The zero-order chi connectivity index (χ0) is 12.9.